The smallest absolute Gasteiger partial charge is 0.324 e. The van der Waals surface area contributed by atoms with E-state index in [1.54, 1.807) is 34.3 Å². The molecule has 1 aliphatic heterocycles. The van der Waals surface area contributed by atoms with Gasteiger partial charge in [0, 0.05) is 23.6 Å². The minimum atomic E-state index is -0.471. The molecule has 9 nitrogen and oxygen atoms in total. The lowest BCUT2D eigenvalue weighted by atomic mass is 9.92. The average Bonchev–Trinajstić information content (AvgIpc) is 3.43. The second-order valence-electron chi connectivity index (χ2n) is 9.01. The number of ether oxygens (including phenoxy) is 2. The molecule has 0 aliphatic carbocycles. The number of hydrogen-bond acceptors (Lipinski definition) is 7. The van der Waals surface area contributed by atoms with E-state index in [4.69, 9.17) is 9.47 Å². The summed E-state index contributed by atoms with van der Waals surface area (Å²) in [4.78, 5) is 41.7. The summed E-state index contributed by atoms with van der Waals surface area (Å²) >= 11 is 1.26. The summed E-state index contributed by atoms with van der Waals surface area (Å²) in [6.45, 7) is 6.74. The zero-order chi connectivity index (χ0) is 24.0. The Morgan fingerprint density at radius 1 is 1.30 bits per heavy atom. The molecule has 0 spiro atoms. The molecule has 1 saturated heterocycles. The van der Waals surface area contributed by atoms with Crippen LogP contribution in [0.5, 0.6) is 5.75 Å². The lowest BCUT2D eigenvalue weighted by Crippen LogP contribution is -2.33. The Morgan fingerprint density at radius 2 is 2.09 bits per heavy atom. The molecule has 1 aromatic heterocycles. The van der Waals surface area contributed by atoms with Gasteiger partial charge in [-0.3, -0.25) is 19.0 Å². The number of carbonyl (C=O) groups excluding carboxylic acids is 3. The molecule has 2 aromatic rings. The standard InChI is InChI=1S/C23H30N4O5S/c1-23(2,3)13-19(28)25-16-8-7-15(12-18(16)31-4)20(29)26-22-27(10-11-33-22)14-32-21(30)17-6-5-9-24-17/h7-8,10-12,17,24H,5-6,9,13-14H2,1-4H3,(H,25,28)/t17-/m0/s1. The number of esters is 1. The third-order valence-corrected chi connectivity index (χ3v) is 5.76. The van der Waals surface area contributed by atoms with E-state index in [9.17, 15) is 14.4 Å². The Hall–Kier alpha value is -2.98. The second-order valence-corrected chi connectivity index (χ2v) is 9.89. The van der Waals surface area contributed by atoms with Gasteiger partial charge in [0.15, 0.2) is 11.5 Å². The normalized spacial score (nSPS) is 16.5. The Bertz CT molecular complexity index is 1080. The summed E-state index contributed by atoms with van der Waals surface area (Å²) in [5.41, 5.74) is 0.652. The fourth-order valence-electron chi connectivity index (χ4n) is 3.36. The van der Waals surface area contributed by atoms with Crippen molar-refractivity contribution in [2.45, 2.75) is 52.8 Å². The third kappa shape index (κ3) is 7.00. The highest BCUT2D eigenvalue weighted by Crippen LogP contribution is 2.27. The van der Waals surface area contributed by atoms with E-state index in [1.165, 1.54) is 18.4 Å². The fraction of sp³-hybridized carbons (Fsp3) is 0.478. The van der Waals surface area contributed by atoms with Crippen LogP contribution < -0.4 is 20.2 Å². The first-order valence-corrected chi connectivity index (χ1v) is 11.6. The highest BCUT2D eigenvalue weighted by atomic mass is 32.1. The van der Waals surface area contributed by atoms with Gasteiger partial charge in [-0.1, -0.05) is 20.8 Å². The number of rotatable bonds is 7. The Kier molecular flexibility index (Phi) is 8.04. The maximum absolute atomic E-state index is 12.8. The van der Waals surface area contributed by atoms with Crippen LogP contribution in [0.1, 0.15) is 50.4 Å². The number of amides is 2. The van der Waals surface area contributed by atoms with Gasteiger partial charge < -0.3 is 20.1 Å². The molecular weight excluding hydrogens is 444 g/mol. The summed E-state index contributed by atoms with van der Waals surface area (Å²) < 4.78 is 12.3. The summed E-state index contributed by atoms with van der Waals surface area (Å²) in [6, 6.07) is 4.48. The molecule has 1 atom stereocenters. The number of aromatic nitrogens is 1. The number of anilines is 1. The highest BCUT2D eigenvalue weighted by molar-refractivity contribution is 7.07. The van der Waals surface area contributed by atoms with Crippen LogP contribution in [0.3, 0.4) is 0 Å². The first-order valence-electron chi connectivity index (χ1n) is 10.8. The summed E-state index contributed by atoms with van der Waals surface area (Å²) in [7, 11) is 1.47. The van der Waals surface area contributed by atoms with Gasteiger partial charge in [0.2, 0.25) is 5.91 Å². The Balaban J connectivity index is 1.70. The van der Waals surface area contributed by atoms with Crippen LogP contribution in [0.15, 0.2) is 34.8 Å². The van der Waals surface area contributed by atoms with Gasteiger partial charge in [-0.25, -0.2) is 0 Å². The maximum Gasteiger partial charge on any atom is 0.324 e. The lowest BCUT2D eigenvalue weighted by Gasteiger charge is -2.18. The van der Waals surface area contributed by atoms with Crippen LogP contribution in [-0.2, 0) is 21.1 Å². The van der Waals surface area contributed by atoms with Gasteiger partial charge in [0.05, 0.1) is 12.8 Å². The van der Waals surface area contributed by atoms with Crippen LogP contribution in [-0.4, -0.2) is 42.0 Å². The van der Waals surface area contributed by atoms with Crippen LogP contribution in [0.2, 0.25) is 0 Å². The summed E-state index contributed by atoms with van der Waals surface area (Å²) in [5, 5.41) is 7.69. The van der Waals surface area contributed by atoms with Gasteiger partial charge in [0.25, 0.3) is 5.91 Å². The van der Waals surface area contributed by atoms with Crippen molar-refractivity contribution in [3.8, 4) is 5.75 Å². The van der Waals surface area contributed by atoms with E-state index < -0.39 is 5.91 Å². The molecule has 10 heteroatoms. The van der Waals surface area contributed by atoms with Crippen molar-refractivity contribution >= 4 is 34.8 Å². The van der Waals surface area contributed by atoms with E-state index in [-0.39, 0.29) is 30.1 Å². The van der Waals surface area contributed by atoms with Crippen molar-refractivity contribution in [2.75, 3.05) is 19.0 Å². The third-order valence-electron chi connectivity index (χ3n) is 4.96. The van der Waals surface area contributed by atoms with Crippen LogP contribution >= 0.6 is 11.3 Å². The molecule has 2 amide bonds. The monoisotopic (exact) mass is 474 g/mol. The van der Waals surface area contributed by atoms with Crippen molar-refractivity contribution in [3.05, 3.63) is 40.1 Å². The molecular formula is C23H30N4O5S. The topological polar surface area (TPSA) is 111 Å². The molecule has 2 heterocycles. The van der Waals surface area contributed by atoms with Gasteiger partial charge in [0.1, 0.15) is 11.8 Å². The molecule has 0 unspecified atom stereocenters. The minimum absolute atomic E-state index is 0.0192. The molecule has 33 heavy (non-hydrogen) atoms. The zero-order valence-corrected chi connectivity index (χ0v) is 20.2. The average molecular weight is 475 g/mol. The molecule has 2 N–H and O–H groups in total. The number of thiazole rings is 1. The van der Waals surface area contributed by atoms with Crippen molar-refractivity contribution in [3.63, 3.8) is 0 Å². The summed E-state index contributed by atoms with van der Waals surface area (Å²) in [6.07, 6.45) is 3.77. The van der Waals surface area contributed by atoms with E-state index >= 15 is 0 Å². The number of benzene rings is 1. The van der Waals surface area contributed by atoms with Crippen molar-refractivity contribution in [2.24, 2.45) is 10.4 Å². The van der Waals surface area contributed by atoms with Crippen LogP contribution in [0.4, 0.5) is 5.69 Å². The van der Waals surface area contributed by atoms with Gasteiger partial charge >= 0.3 is 5.97 Å². The van der Waals surface area contributed by atoms with Crippen molar-refractivity contribution in [1.82, 2.24) is 9.88 Å². The quantitative estimate of drug-likeness (QED) is 0.597. The molecule has 0 radical (unpaired) electrons. The number of nitrogens with one attached hydrogen (secondary N) is 2. The van der Waals surface area contributed by atoms with E-state index in [2.05, 4.69) is 15.6 Å². The van der Waals surface area contributed by atoms with Gasteiger partial charge in [-0.15, -0.1) is 11.3 Å². The van der Waals surface area contributed by atoms with E-state index in [0.29, 0.717) is 28.2 Å². The van der Waals surface area contributed by atoms with E-state index in [1.807, 2.05) is 20.8 Å². The maximum atomic E-state index is 12.8. The number of methoxy groups -OCH3 is 1. The predicted octanol–water partition coefficient (Wildman–Crippen LogP) is 2.93. The molecule has 1 aliphatic rings. The number of hydrogen-bond donors (Lipinski definition) is 2. The van der Waals surface area contributed by atoms with Gasteiger partial charge in [-0.05, 0) is 43.0 Å². The van der Waals surface area contributed by atoms with Crippen molar-refractivity contribution < 1.29 is 23.9 Å². The molecule has 0 bridgehead atoms. The first kappa shape index (κ1) is 24.7. The molecule has 1 aromatic carbocycles. The van der Waals surface area contributed by atoms with Crippen molar-refractivity contribution in [1.29, 1.82) is 0 Å². The number of carbonyl (C=O) groups is 3. The van der Waals surface area contributed by atoms with Gasteiger partial charge in [-0.2, -0.15) is 4.99 Å². The Labute approximate surface area is 196 Å². The fourth-order valence-corrected chi connectivity index (χ4v) is 4.07. The molecule has 178 valence electrons. The van der Waals surface area contributed by atoms with Crippen LogP contribution in [0, 0.1) is 5.41 Å². The summed E-state index contributed by atoms with van der Waals surface area (Å²) in [5.74, 6) is -0.542. The van der Waals surface area contributed by atoms with E-state index in [0.717, 1.165) is 19.4 Å². The lowest BCUT2D eigenvalue weighted by molar-refractivity contribution is -0.149. The highest BCUT2D eigenvalue weighted by Gasteiger charge is 2.23. The first-order chi connectivity index (χ1) is 15.7. The predicted molar refractivity (Wildman–Crippen MR) is 125 cm³/mol. The second kappa shape index (κ2) is 10.8. The minimum Gasteiger partial charge on any atom is -0.495 e. The molecule has 0 saturated carbocycles. The molecule has 3 rings (SSSR count). The van der Waals surface area contributed by atoms with Crippen LogP contribution in [0.25, 0.3) is 0 Å². The number of nitrogens with zero attached hydrogens (tertiary/aromatic N) is 2. The molecule has 1 fully saturated rings. The SMILES string of the molecule is COc1cc(C(=O)N=c2sccn2COC(=O)[C@@H]2CCCN2)ccc1NC(=O)CC(C)(C)C. The largest absolute Gasteiger partial charge is 0.495 e. The zero-order valence-electron chi connectivity index (χ0n) is 19.3. The Morgan fingerprint density at radius 3 is 2.76 bits per heavy atom.